The largest absolute Gasteiger partial charge is 0.352 e. The predicted octanol–water partition coefficient (Wildman–Crippen LogP) is 3.35. The van der Waals surface area contributed by atoms with Crippen LogP contribution >= 0.6 is 0 Å². The van der Waals surface area contributed by atoms with Crippen LogP contribution in [0.1, 0.15) is 56.3 Å². The molecule has 0 aliphatic rings. The van der Waals surface area contributed by atoms with Gasteiger partial charge in [-0.3, -0.25) is 9.59 Å². The van der Waals surface area contributed by atoms with E-state index in [2.05, 4.69) is 17.6 Å². The number of benzene rings is 1. The SMILES string of the molecule is CCCCCCC(=O)Nc1ccc(C(=O)NCC)cc1. The molecule has 0 spiro atoms. The number of carbonyl (C=O) groups excluding carboxylic acids is 2. The van der Waals surface area contributed by atoms with E-state index in [9.17, 15) is 9.59 Å². The van der Waals surface area contributed by atoms with Gasteiger partial charge in [-0.15, -0.1) is 0 Å². The molecule has 0 atom stereocenters. The summed E-state index contributed by atoms with van der Waals surface area (Å²) in [5, 5.41) is 5.58. The molecule has 1 aromatic rings. The van der Waals surface area contributed by atoms with Crippen LogP contribution in [0.2, 0.25) is 0 Å². The van der Waals surface area contributed by atoms with Crippen LogP contribution in [0.15, 0.2) is 24.3 Å². The van der Waals surface area contributed by atoms with Crippen molar-refractivity contribution < 1.29 is 9.59 Å². The molecule has 0 saturated carbocycles. The Balaban J connectivity index is 2.41. The van der Waals surface area contributed by atoms with Gasteiger partial charge in [0.1, 0.15) is 0 Å². The number of amides is 2. The third kappa shape index (κ3) is 5.87. The van der Waals surface area contributed by atoms with Gasteiger partial charge in [0.25, 0.3) is 5.91 Å². The zero-order chi connectivity index (χ0) is 14.8. The molecule has 4 nitrogen and oxygen atoms in total. The molecule has 0 radical (unpaired) electrons. The number of anilines is 1. The highest BCUT2D eigenvalue weighted by atomic mass is 16.2. The molecule has 0 saturated heterocycles. The Labute approximate surface area is 121 Å². The third-order valence-corrected chi connectivity index (χ3v) is 3.03. The molecule has 0 bridgehead atoms. The van der Waals surface area contributed by atoms with E-state index in [1.807, 2.05) is 6.92 Å². The Morgan fingerprint density at radius 1 is 1.00 bits per heavy atom. The summed E-state index contributed by atoms with van der Waals surface area (Å²) in [4.78, 5) is 23.3. The van der Waals surface area contributed by atoms with Crippen LogP contribution in [-0.4, -0.2) is 18.4 Å². The molecule has 0 aromatic heterocycles. The summed E-state index contributed by atoms with van der Waals surface area (Å²) in [6, 6.07) is 6.96. The molecule has 0 heterocycles. The molecule has 0 unspecified atom stereocenters. The number of hydrogen-bond acceptors (Lipinski definition) is 2. The van der Waals surface area contributed by atoms with Crippen molar-refractivity contribution in [3.63, 3.8) is 0 Å². The molecule has 0 fully saturated rings. The third-order valence-electron chi connectivity index (χ3n) is 3.03. The van der Waals surface area contributed by atoms with Crippen LogP contribution in [0, 0.1) is 0 Å². The van der Waals surface area contributed by atoms with Crippen molar-refractivity contribution in [1.29, 1.82) is 0 Å². The van der Waals surface area contributed by atoms with Crippen LogP contribution in [0.3, 0.4) is 0 Å². The highest BCUT2D eigenvalue weighted by Crippen LogP contribution is 2.11. The van der Waals surface area contributed by atoms with Crippen molar-refractivity contribution in [2.45, 2.75) is 46.0 Å². The van der Waals surface area contributed by atoms with Crippen LogP contribution in [0.5, 0.6) is 0 Å². The lowest BCUT2D eigenvalue weighted by Gasteiger charge is -2.06. The van der Waals surface area contributed by atoms with Gasteiger partial charge in [0.05, 0.1) is 0 Å². The lowest BCUT2D eigenvalue weighted by Crippen LogP contribution is -2.22. The quantitative estimate of drug-likeness (QED) is 0.715. The molecule has 1 rings (SSSR count). The molecule has 0 aliphatic carbocycles. The van der Waals surface area contributed by atoms with Crippen LogP contribution < -0.4 is 10.6 Å². The lowest BCUT2D eigenvalue weighted by atomic mass is 10.1. The van der Waals surface area contributed by atoms with Gasteiger partial charge in [0.15, 0.2) is 0 Å². The van der Waals surface area contributed by atoms with E-state index >= 15 is 0 Å². The predicted molar refractivity (Wildman–Crippen MR) is 81.8 cm³/mol. The summed E-state index contributed by atoms with van der Waals surface area (Å²) in [6.45, 7) is 4.64. The van der Waals surface area contributed by atoms with Crippen molar-refractivity contribution in [2.75, 3.05) is 11.9 Å². The highest BCUT2D eigenvalue weighted by molar-refractivity contribution is 5.95. The minimum absolute atomic E-state index is 0.0341. The number of rotatable bonds is 8. The molecular formula is C16H24N2O2. The summed E-state index contributed by atoms with van der Waals surface area (Å²) in [5.41, 5.74) is 1.34. The first kappa shape index (κ1) is 16.2. The first-order valence-electron chi connectivity index (χ1n) is 7.35. The second kappa shape index (κ2) is 9.13. The Hall–Kier alpha value is -1.84. The number of unbranched alkanes of at least 4 members (excludes halogenated alkanes) is 3. The van der Waals surface area contributed by atoms with Gasteiger partial charge >= 0.3 is 0 Å². The molecule has 1 aromatic carbocycles. The fourth-order valence-electron chi connectivity index (χ4n) is 1.90. The van der Waals surface area contributed by atoms with Crippen LogP contribution in [0.4, 0.5) is 5.69 Å². The average Bonchev–Trinajstić information content (AvgIpc) is 2.45. The molecule has 0 aliphatic heterocycles. The number of carbonyl (C=O) groups is 2. The standard InChI is InChI=1S/C16H24N2O2/c1-3-5-6-7-8-15(19)18-14-11-9-13(10-12-14)16(20)17-4-2/h9-12H,3-8H2,1-2H3,(H,17,20)(H,18,19). The molecule has 4 heteroatoms. The van der Waals surface area contributed by atoms with Gasteiger partial charge in [0.2, 0.25) is 5.91 Å². The number of hydrogen-bond donors (Lipinski definition) is 2. The maximum Gasteiger partial charge on any atom is 0.251 e. The minimum Gasteiger partial charge on any atom is -0.352 e. The fraction of sp³-hybridized carbons (Fsp3) is 0.500. The van der Waals surface area contributed by atoms with Crippen molar-refractivity contribution in [2.24, 2.45) is 0 Å². The van der Waals surface area contributed by atoms with E-state index in [0.717, 1.165) is 18.5 Å². The summed E-state index contributed by atoms with van der Waals surface area (Å²) in [5.74, 6) is -0.0585. The highest BCUT2D eigenvalue weighted by Gasteiger charge is 2.05. The molecule has 2 N–H and O–H groups in total. The first-order valence-corrected chi connectivity index (χ1v) is 7.35. The fourth-order valence-corrected chi connectivity index (χ4v) is 1.90. The Bertz CT molecular complexity index is 427. The Kier molecular flexibility index (Phi) is 7.40. The monoisotopic (exact) mass is 276 g/mol. The van der Waals surface area contributed by atoms with E-state index in [1.54, 1.807) is 24.3 Å². The maximum absolute atomic E-state index is 11.7. The lowest BCUT2D eigenvalue weighted by molar-refractivity contribution is -0.116. The zero-order valence-electron chi connectivity index (χ0n) is 12.4. The molecule has 110 valence electrons. The second-order valence-corrected chi connectivity index (χ2v) is 4.80. The van der Waals surface area contributed by atoms with Gasteiger partial charge in [-0.2, -0.15) is 0 Å². The molecule has 2 amide bonds. The topological polar surface area (TPSA) is 58.2 Å². The molecular weight excluding hydrogens is 252 g/mol. The van der Waals surface area contributed by atoms with Gasteiger partial charge in [-0.05, 0) is 37.6 Å². The minimum atomic E-state index is -0.0926. The summed E-state index contributed by atoms with van der Waals surface area (Å²) >= 11 is 0. The van der Waals surface area contributed by atoms with Gasteiger partial charge < -0.3 is 10.6 Å². The maximum atomic E-state index is 11.7. The van der Waals surface area contributed by atoms with E-state index in [1.165, 1.54) is 12.8 Å². The van der Waals surface area contributed by atoms with E-state index in [4.69, 9.17) is 0 Å². The smallest absolute Gasteiger partial charge is 0.251 e. The van der Waals surface area contributed by atoms with Crippen LogP contribution in [-0.2, 0) is 4.79 Å². The van der Waals surface area contributed by atoms with E-state index in [0.29, 0.717) is 18.5 Å². The van der Waals surface area contributed by atoms with Crippen molar-refractivity contribution in [1.82, 2.24) is 5.32 Å². The van der Waals surface area contributed by atoms with Crippen molar-refractivity contribution in [3.05, 3.63) is 29.8 Å². The van der Waals surface area contributed by atoms with Crippen molar-refractivity contribution >= 4 is 17.5 Å². The Morgan fingerprint density at radius 3 is 2.30 bits per heavy atom. The van der Waals surface area contributed by atoms with E-state index < -0.39 is 0 Å². The normalized spacial score (nSPS) is 10.1. The first-order chi connectivity index (χ1) is 9.67. The van der Waals surface area contributed by atoms with Crippen LogP contribution in [0.25, 0.3) is 0 Å². The molecule has 20 heavy (non-hydrogen) atoms. The Morgan fingerprint density at radius 2 is 1.70 bits per heavy atom. The average molecular weight is 276 g/mol. The second-order valence-electron chi connectivity index (χ2n) is 4.80. The van der Waals surface area contributed by atoms with E-state index in [-0.39, 0.29) is 11.8 Å². The number of nitrogens with one attached hydrogen (secondary N) is 2. The van der Waals surface area contributed by atoms with Gasteiger partial charge in [-0.25, -0.2) is 0 Å². The summed E-state index contributed by atoms with van der Waals surface area (Å²) in [6.07, 6.45) is 4.92. The van der Waals surface area contributed by atoms with Gasteiger partial charge in [0, 0.05) is 24.2 Å². The van der Waals surface area contributed by atoms with Crippen molar-refractivity contribution in [3.8, 4) is 0 Å². The summed E-state index contributed by atoms with van der Waals surface area (Å²) in [7, 11) is 0. The zero-order valence-corrected chi connectivity index (χ0v) is 12.4. The van der Waals surface area contributed by atoms with Gasteiger partial charge in [-0.1, -0.05) is 26.2 Å². The summed E-state index contributed by atoms with van der Waals surface area (Å²) < 4.78 is 0.